The average molecular weight is 680 g/mol. The summed E-state index contributed by atoms with van der Waals surface area (Å²) in [4.78, 5) is 33.4. The van der Waals surface area contributed by atoms with Gasteiger partial charge in [-0.1, -0.05) is 47.7 Å². The minimum absolute atomic E-state index is 0.157. The Bertz CT molecular complexity index is 2230. The SMILES string of the molecule is CCOc1cc(/C=c2\sc3n(c2=O)[C@@H](c2ccc(OC)cc2OC)C(C(=O)Nc2ccccc2)=C(C)N=3)ccc1OCc1cccc(F)c1. The first kappa shape index (κ1) is 33.2. The molecule has 49 heavy (non-hydrogen) atoms. The summed E-state index contributed by atoms with van der Waals surface area (Å²) >= 11 is 1.22. The largest absolute Gasteiger partial charge is 0.497 e. The lowest BCUT2D eigenvalue weighted by atomic mass is 9.94. The van der Waals surface area contributed by atoms with Crippen LogP contribution in [0, 0.1) is 5.82 Å². The number of hydrogen-bond acceptors (Lipinski definition) is 8. The number of carbonyl (C=O) groups is 1. The normalized spacial score (nSPS) is 14.1. The maximum Gasteiger partial charge on any atom is 0.271 e. The second-order valence-corrected chi connectivity index (χ2v) is 12.1. The Morgan fingerprint density at radius 3 is 2.49 bits per heavy atom. The molecule has 0 spiro atoms. The fourth-order valence-corrected chi connectivity index (χ4v) is 6.66. The molecule has 2 heterocycles. The number of allylic oxidation sites excluding steroid dienone is 1. The summed E-state index contributed by atoms with van der Waals surface area (Å²) in [5, 5.41) is 2.96. The number of aromatic nitrogens is 1. The zero-order valence-electron chi connectivity index (χ0n) is 27.4. The minimum Gasteiger partial charge on any atom is -0.497 e. The van der Waals surface area contributed by atoms with Crippen molar-refractivity contribution in [3.8, 4) is 23.0 Å². The number of anilines is 1. The lowest BCUT2D eigenvalue weighted by Gasteiger charge is -2.26. The molecule has 4 aromatic carbocycles. The second-order valence-electron chi connectivity index (χ2n) is 11.1. The van der Waals surface area contributed by atoms with Crippen molar-refractivity contribution in [1.82, 2.24) is 4.57 Å². The molecule has 250 valence electrons. The summed E-state index contributed by atoms with van der Waals surface area (Å²) < 4.78 is 38.6. The summed E-state index contributed by atoms with van der Waals surface area (Å²) in [7, 11) is 3.09. The zero-order chi connectivity index (χ0) is 34.5. The molecule has 5 aromatic rings. The van der Waals surface area contributed by atoms with E-state index >= 15 is 0 Å². The molecule has 1 amide bonds. The fourth-order valence-electron chi connectivity index (χ4n) is 5.61. The van der Waals surface area contributed by atoms with E-state index in [9.17, 15) is 14.0 Å². The maximum absolute atomic E-state index is 14.3. The molecule has 0 aliphatic carbocycles. The molecule has 0 saturated heterocycles. The van der Waals surface area contributed by atoms with Crippen LogP contribution in [0.3, 0.4) is 0 Å². The topological polar surface area (TPSA) is 100 Å². The number of rotatable bonds is 11. The third-order valence-corrected chi connectivity index (χ3v) is 8.86. The lowest BCUT2D eigenvalue weighted by molar-refractivity contribution is -0.113. The Labute approximate surface area is 286 Å². The predicted molar refractivity (Wildman–Crippen MR) is 187 cm³/mol. The Hall–Kier alpha value is -5.68. The van der Waals surface area contributed by atoms with Crippen molar-refractivity contribution in [2.45, 2.75) is 26.5 Å². The van der Waals surface area contributed by atoms with Gasteiger partial charge in [0.15, 0.2) is 16.3 Å². The Kier molecular flexibility index (Phi) is 9.91. The summed E-state index contributed by atoms with van der Waals surface area (Å²) in [6.07, 6.45) is 1.76. The van der Waals surface area contributed by atoms with Gasteiger partial charge in [-0.2, -0.15) is 0 Å². The number of halogens is 1. The smallest absolute Gasteiger partial charge is 0.271 e. The van der Waals surface area contributed by atoms with E-state index in [4.69, 9.17) is 23.9 Å². The van der Waals surface area contributed by atoms with Crippen molar-refractivity contribution < 1.29 is 28.1 Å². The first-order valence-electron chi connectivity index (χ1n) is 15.5. The number of nitrogens with zero attached hydrogens (tertiary/aromatic N) is 2. The van der Waals surface area contributed by atoms with Crippen molar-refractivity contribution in [3.63, 3.8) is 0 Å². The predicted octanol–water partition coefficient (Wildman–Crippen LogP) is 6.01. The number of para-hydroxylation sites is 1. The third kappa shape index (κ3) is 7.12. The van der Waals surface area contributed by atoms with E-state index in [1.54, 1.807) is 74.7 Å². The van der Waals surface area contributed by atoms with Crippen LogP contribution in [0.15, 0.2) is 112 Å². The number of nitrogens with one attached hydrogen (secondary N) is 1. The molecule has 1 atom stereocenters. The molecule has 9 nitrogen and oxygen atoms in total. The van der Waals surface area contributed by atoms with Crippen molar-refractivity contribution in [2.75, 3.05) is 26.1 Å². The van der Waals surface area contributed by atoms with Gasteiger partial charge in [-0.25, -0.2) is 9.38 Å². The van der Waals surface area contributed by atoms with Crippen molar-refractivity contribution in [3.05, 3.63) is 144 Å². The molecule has 0 radical (unpaired) electrons. The van der Waals surface area contributed by atoms with Crippen LogP contribution in [0.2, 0.25) is 0 Å². The summed E-state index contributed by atoms with van der Waals surface area (Å²) in [6, 6.07) is 25.1. The highest BCUT2D eigenvalue weighted by Gasteiger charge is 2.34. The van der Waals surface area contributed by atoms with E-state index in [1.165, 1.54) is 35.1 Å². The maximum atomic E-state index is 14.3. The van der Waals surface area contributed by atoms with Crippen LogP contribution < -0.4 is 39.2 Å². The van der Waals surface area contributed by atoms with E-state index in [0.717, 1.165) is 0 Å². The number of amides is 1. The van der Waals surface area contributed by atoms with Crippen LogP contribution in [0.1, 0.15) is 36.6 Å². The van der Waals surface area contributed by atoms with E-state index in [1.807, 2.05) is 31.2 Å². The standard InChI is InChI=1S/C38H34FN3O6S/c1-5-47-32-19-24(14-17-30(32)48-22-25-10-9-11-26(39)18-25)20-33-37(44)42-35(29-16-15-28(45-3)21-31(29)46-4)34(23(2)40-38(42)49-33)36(43)41-27-12-7-6-8-13-27/h6-21,35H,5,22H2,1-4H3,(H,41,43)/b33-20-/t35-/m0/s1. The molecule has 0 fully saturated rings. The molecule has 0 unspecified atom stereocenters. The first-order chi connectivity index (χ1) is 23.8. The number of thiazole rings is 1. The number of benzene rings is 4. The van der Waals surface area contributed by atoms with Crippen LogP contribution in [0.5, 0.6) is 23.0 Å². The molecular weight excluding hydrogens is 645 g/mol. The van der Waals surface area contributed by atoms with Crippen LogP contribution in [-0.2, 0) is 11.4 Å². The van der Waals surface area contributed by atoms with Gasteiger partial charge >= 0.3 is 0 Å². The van der Waals surface area contributed by atoms with E-state index < -0.39 is 6.04 Å². The van der Waals surface area contributed by atoms with Gasteiger partial charge in [0.05, 0.1) is 36.6 Å². The first-order valence-corrected chi connectivity index (χ1v) is 16.4. The Morgan fingerprint density at radius 2 is 1.76 bits per heavy atom. The van der Waals surface area contributed by atoms with E-state index in [2.05, 4.69) is 5.32 Å². The van der Waals surface area contributed by atoms with Gasteiger partial charge in [-0.15, -0.1) is 0 Å². The Balaban J connectivity index is 1.43. The molecule has 6 rings (SSSR count). The molecule has 1 aliphatic rings. The summed E-state index contributed by atoms with van der Waals surface area (Å²) in [6.45, 7) is 4.17. The number of methoxy groups -OCH3 is 2. The van der Waals surface area contributed by atoms with Crippen LogP contribution >= 0.6 is 11.3 Å². The number of carbonyl (C=O) groups excluding carboxylic acids is 1. The molecule has 0 saturated carbocycles. The molecule has 11 heteroatoms. The zero-order valence-corrected chi connectivity index (χ0v) is 28.2. The summed E-state index contributed by atoms with van der Waals surface area (Å²) in [5.41, 5.74) is 3.05. The quantitative estimate of drug-likeness (QED) is 0.184. The van der Waals surface area contributed by atoms with Gasteiger partial charge in [-0.3, -0.25) is 14.2 Å². The number of hydrogen-bond donors (Lipinski definition) is 1. The van der Waals surface area contributed by atoms with E-state index in [0.29, 0.717) is 72.6 Å². The molecule has 0 bridgehead atoms. The van der Waals surface area contributed by atoms with Gasteiger partial charge < -0.3 is 24.3 Å². The molecule has 1 N–H and O–H groups in total. The van der Waals surface area contributed by atoms with Crippen LogP contribution in [0.25, 0.3) is 6.08 Å². The van der Waals surface area contributed by atoms with Crippen LogP contribution in [-0.4, -0.2) is 31.3 Å². The number of ether oxygens (including phenoxy) is 4. The van der Waals surface area contributed by atoms with Gasteiger partial charge in [0.25, 0.3) is 11.5 Å². The highest BCUT2D eigenvalue weighted by Crippen LogP contribution is 2.38. The monoisotopic (exact) mass is 679 g/mol. The summed E-state index contributed by atoms with van der Waals surface area (Å²) in [5.74, 6) is 1.26. The van der Waals surface area contributed by atoms with Crippen molar-refractivity contribution in [1.29, 1.82) is 0 Å². The molecular formula is C38H34FN3O6S. The Morgan fingerprint density at radius 1 is 0.939 bits per heavy atom. The van der Waals surface area contributed by atoms with Crippen LogP contribution in [0.4, 0.5) is 10.1 Å². The highest BCUT2D eigenvalue weighted by atomic mass is 32.1. The second kappa shape index (κ2) is 14.6. The van der Waals surface area contributed by atoms with Gasteiger partial charge in [0, 0.05) is 17.3 Å². The highest BCUT2D eigenvalue weighted by molar-refractivity contribution is 7.07. The van der Waals surface area contributed by atoms with Crippen molar-refractivity contribution >= 4 is 29.0 Å². The number of fused-ring (bicyclic) bond motifs is 1. The van der Waals surface area contributed by atoms with Gasteiger partial charge in [0.1, 0.15) is 30.0 Å². The van der Waals surface area contributed by atoms with Gasteiger partial charge in [-0.05, 0) is 79.6 Å². The lowest BCUT2D eigenvalue weighted by Crippen LogP contribution is -2.40. The third-order valence-electron chi connectivity index (χ3n) is 7.88. The minimum atomic E-state index is -0.847. The van der Waals surface area contributed by atoms with Crippen molar-refractivity contribution in [2.24, 2.45) is 4.99 Å². The molecule has 1 aliphatic heterocycles. The molecule has 1 aromatic heterocycles. The average Bonchev–Trinajstić information content (AvgIpc) is 3.41. The van der Waals surface area contributed by atoms with Gasteiger partial charge in [0.2, 0.25) is 0 Å². The fraction of sp³-hybridized carbons (Fsp3) is 0.184. The van der Waals surface area contributed by atoms with E-state index in [-0.39, 0.29) is 23.9 Å².